The van der Waals surface area contributed by atoms with Crippen molar-refractivity contribution in [2.75, 3.05) is 6.54 Å². The van der Waals surface area contributed by atoms with Crippen LogP contribution in [0.2, 0.25) is 0 Å². The number of nitrogens with zero attached hydrogens (tertiary/aromatic N) is 4. The number of carbonyl (C=O) groups is 1. The Balaban J connectivity index is 1.59. The van der Waals surface area contributed by atoms with E-state index in [1.165, 1.54) is 17.3 Å². The molecule has 27 heavy (non-hydrogen) atoms. The van der Waals surface area contributed by atoms with Crippen LogP contribution in [-0.2, 0) is 4.79 Å². The molecule has 0 aliphatic rings. The number of para-hydroxylation sites is 1. The Morgan fingerprint density at radius 1 is 1.11 bits per heavy atom. The Labute approximate surface area is 163 Å². The molecular formula is C20H23N5OS. The van der Waals surface area contributed by atoms with Crippen LogP contribution in [0.4, 0.5) is 0 Å². The van der Waals surface area contributed by atoms with E-state index >= 15 is 0 Å². The molecule has 0 aliphatic heterocycles. The van der Waals surface area contributed by atoms with Gasteiger partial charge >= 0.3 is 0 Å². The number of aromatic nitrogens is 4. The first-order chi connectivity index (χ1) is 13.2. The van der Waals surface area contributed by atoms with Gasteiger partial charge in [-0.25, -0.2) is 0 Å². The molecule has 0 unspecified atom stereocenters. The van der Waals surface area contributed by atoms with E-state index in [4.69, 9.17) is 0 Å². The van der Waals surface area contributed by atoms with Crippen molar-refractivity contribution in [3.05, 3.63) is 66.2 Å². The molecule has 1 amide bonds. The molecule has 7 heteroatoms. The molecule has 0 saturated carbocycles. The predicted octanol–water partition coefficient (Wildman–Crippen LogP) is 3.45. The van der Waals surface area contributed by atoms with Gasteiger partial charge in [-0.15, -0.1) is 5.10 Å². The monoisotopic (exact) mass is 381 g/mol. The van der Waals surface area contributed by atoms with Crippen LogP contribution in [0.15, 0.2) is 65.8 Å². The normalized spacial score (nSPS) is 13.1. The molecule has 2 aromatic carbocycles. The Hall–Kier alpha value is -2.67. The number of nitrogens with one attached hydrogen (secondary N) is 1. The largest absolute Gasteiger partial charge is 0.355 e. The number of benzene rings is 2. The molecule has 1 heterocycles. The lowest BCUT2D eigenvalue weighted by molar-refractivity contribution is -0.120. The van der Waals surface area contributed by atoms with Crippen LogP contribution in [0.1, 0.15) is 31.7 Å². The van der Waals surface area contributed by atoms with Crippen molar-refractivity contribution in [1.82, 2.24) is 25.5 Å². The summed E-state index contributed by atoms with van der Waals surface area (Å²) >= 11 is 1.35. The molecule has 2 atom stereocenters. The molecular weight excluding hydrogens is 358 g/mol. The highest BCUT2D eigenvalue weighted by Crippen LogP contribution is 2.23. The van der Waals surface area contributed by atoms with Gasteiger partial charge in [-0.2, -0.15) is 4.68 Å². The van der Waals surface area contributed by atoms with E-state index in [1.807, 2.05) is 55.5 Å². The van der Waals surface area contributed by atoms with Crippen LogP contribution in [0, 0.1) is 0 Å². The summed E-state index contributed by atoms with van der Waals surface area (Å²) < 4.78 is 1.65. The lowest BCUT2D eigenvalue weighted by atomic mass is 9.96. The van der Waals surface area contributed by atoms with Crippen molar-refractivity contribution in [3.63, 3.8) is 0 Å². The van der Waals surface area contributed by atoms with Crippen molar-refractivity contribution in [2.45, 2.75) is 36.6 Å². The van der Waals surface area contributed by atoms with E-state index in [2.05, 4.69) is 39.9 Å². The first kappa shape index (κ1) is 19.1. The van der Waals surface area contributed by atoms with Crippen LogP contribution >= 0.6 is 11.8 Å². The number of amides is 1. The van der Waals surface area contributed by atoms with Gasteiger partial charge in [-0.3, -0.25) is 4.79 Å². The summed E-state index contributed by atoms with van der Waals surface area (Å²) in [5.74, 6) is 0.291. The lowest BCUT2D eigenvalue weighted by Crippen LogP contribution is -2.34. The van der Waals surface area contributed by atoms with Gasteiger partial charge in [0.25, 0.3) is 0 Å². The average molecular weight is 382 g/mol. The van der Waals surface area contributed by atoms with Gasteiger partial charge in [-0.1, -0.05) is 67.2 Å². The molecule has 0 bridgehead atoms. The number of thioether (sulfide) groups is 1. The highest BCUT2D eigenvalue weighted by Gasteiger charge is 2.20. The number of rotatable bonds is 8. The second kappa shape index (κ2) is 9.32. The van der Waals surface area contributed by atoms with Crippen LogP contribution in [-0.4, -0.2) is 37.9 Å². The minimum atomic E-state index is -0.299. The number of tetrazole rings is 1. The molecule has 6 nitrogen and oxygen atoms in total. The Morgan fingerprint density at radius 3 is 2.44 bits per heavy atom. The van der Waals surface area contributed by atoms with Gasteiger partial charge in [0.05, 0.1) is 10.9 Å². The fourth-order valence-corrected chi connectivity index (χ4v) is 3.62. The molecule has 0 aliphatic carbocycles. The standard InChI is InChI=1S/C20H23N5OS/c1-3-16(17-10-6-4-7-11-17)14-21-19(26)15(2)27-20-22-23-24-25(20)18-12-8-5-9-13-18/h4-13,15-16H,3,14H2,1-2H3,(H,21,26)/t15-,16-/m0/s1. The van der Waals surface area contributed by atoms with Gasteiger partial charge in [0.1, 0.15) is 0 Å². The Bertz CT molecular complexity index is 853. The van der Waals surface area contributed by atoms with Crippen LogP contribution < -0.4 is 5.32 Å². The van der Waals surface area contributed by atoms with E-state index in [1.54, 1.807) is 4.68 Å². The highest BCUT2D eigenvalue weighted by atomic mass is 32.2. The quantitative estimate of drug-likeness (QED) is 0.605. The summed E-state index contributed by atoms with van der Waals surface area (Å²) in [7, 11) is 0. The maximum absolute atomic E-state index is 12.6. The van der Waals surface area contributed by atoms with Crippen molar-refractivity contribution in [1.29, 1.82) is 0 Å². The summed E-state index contributed by atoms with van der Waals surface area (Å²) in [6, 6.07) is 19.9. The van der Waals surface area contributed by atoms with Gasteiger partial charge < -0.3 is 5.32 Å². The molecule has 140 valence electrons. The number of hydrogen-bond acceptors (Lipinski definition) is 5. The molecule has 1 N–H and O–H groups in total. The minimum absolute atomic E-state index is 0.0167. The van der Waals surface area contributed by atoms with Crippen molar-refractivity contribution >= 4 is 17.7 Å². The zero-order valence-corrected chi connectivity index (χ0v) is 16.3. The summed E-state index contributed by atoms with van der Waals surface area (Å²) in [6.45, 7) is 4.62. The van der Waals surface area contributed by atoms with Crippen LogP contribution in [0.3, 0.4) is 0 Å². The van der Waals surface area contributed by atoms with Gasteiger partial charge in [-0.05, 0) is 41.5 Å². The van der Waals surface area contributed by atoms with E-state index in [0.29, 0.717) is 17.6 Å². The molecule has 0 spiro atoms. The van der Waals surface area contributed by atoms with Crippen molar-refractivity contribution < 1.29 is 4.79 Å². The second-order valence-corrected chi connectivity index (χ2v) is 7.54. The summed E-state index contributed by atoms with van der Waals surface area (Å²) in [4.78, 5) is 12.6. The Kier molecular flexibility index (Phi) is 6.59. The molecule has 0 fully saturated rings. The average Bonchev–Trinajstić information content (AvgIpc) is 3.18. The zero-order valence-electron chi connectivity index (χ0n) is 15.4. The maximum atomic E-state index is 12.6. The second-order valence-electron chi connectivity index (χ2n) is 6.23. The first-order valence-corrected chi connectivity index (χ1v) is 9.90. The third-order valence-electron chi connectivity index (χ3n) is 4.38. The first-order valence-electron chi connectivity index (χ1n) is 9.02. The highest BCUT2D eigenvalue weighted by molar-refractivity contribution is 8.00. The van der Waals surface area contributed by atoms with Crippen LogP contribution in [0.5, 0.6) is 0 Å². The van der Waals surface area contributed by atoms with Crippen molar-refractivity contribution in [3.8, 4) is 5.69 Å². The summed E-state index contributed by atoms with van der Waals surface area (Å²) in [5, 5.41) is 15.2. The third-order valence-corrected chi connectivity index (χ3v) is 5.41. The smallest absolute Gasteiger partial charge is 0.233 e. The third kappa shape index (κ3) is 4.95. The zero-order chi connectivity index (χ0) is 19.1. The Morgan fingerprint density at radius 2 is 1.78 bits per heavy atom. The fraction of sp³-hybridized carbons (Fsp3) is 0.300. The molecule has 0 saturated heterocycles. The van der Waals surface area contributed by atoms with Gasteiger partial charge in [0.15, 0.2) is 0 Å². The minimum Gasteiger partial charge on any atom is -0.355 e. The van der Waals surface area contributed by atoms with E-state index in [9.17, 15) is 4.79 Å². The summed E-state index contributed by atoms with van der Waals surface area (Å²) in [6.07, 6.45) is 0.970. The van der Waals surface area contributed by atoms with Gasteiger partial charge in [0.2, 0.25) is 11.1 Å². The van der Waals surface area contributed by atoms with E-state index < -0.39 is 0 Å². The maximum Gasteiger partial charge on any atom is 0.233 e. The topological polar surface area (TPSA) is 72.7 Å². The summed E-state index contributed by atoms with van der Waals surface area (Å²) in [5.41, 5.74) is 2.11. The van der Waals surface area contributed by atoms with Crippen molar-refractivity contribution in [2.24, 2.45) is 0 Å². The van der Waals surface area contributed by atoms with E-state index in [-0.39, 0.29) is 11.2 Å². The molecule has 3 aromatic rings. The molecule has 0 radical (unpaired) electrons. The molecule has 3 rings (SSSR count). The predicted molar refractivity (Wildman–Crippen MR) is 107 cm³/mol. The number of hydrogen-bond donors (Lipinski definition) is 1. The molecule has 1 aromatic heterocycles. The van der Waals surface area contributed by atoms with Crippen LogP contribution in [0.25, 0.3) is 5.69 Å². The SMILES string of the molecule is CC[C@@H](CNC(=O)[C@H](C)Sc1nnnn1-c1ccccc1)c1ccccc1. The van der Waals surface area contributed by atoms with Gasteiger partial charge in [0, 0.05) is 12.5 Å². The lowest BCUT2D eigenvalue weighted by Gasteiger charge is -2.18. The number of carbonyl (C=O) groups excluding carboxylic acids is 1. The fourth-order valence-electron chi connectivity index (χ4n) is 2.79. The van der Waals surface area contributed by atoms with E-state index in [0.717, 1.165) is 12.1 Å².